The van der Waals surface area contributed by atoms with Crippen LogP contribution in [0.2, 0.25) is 0 Å². The number of carbonyl (C=O) groups is 1. The first-order valence-corrected chi connectivity index (χ1v) is 10.8. The molecule has 0 saturated carbocycles. The molecule has 2 rings (SSSR count). The SMILES string of the molecule is COC(=O)c1ccc(CS(=O)(=O)NCCCN2C[C@H](C)C[C@H](C)C2)cc1. The Morgan fingerprint density at radius 3 is 2.38 bits per heavy atom. The first-order valence-electron chi connectivity index (χ1n) is 9.16. The second kappa shape index (κ2) is 9.48. The van der Waals surface area contributed by atoms with E-state index in [0.29, 0.717) is 29.5 Å². The molecule has 0 aromatic heterocycles. The minimum absolute atomic E-state index is 0.0910. The van der Waals surface area contributed by atoms with Gasteiger partial charge >= 0.3 is 5.97 Å². The molecule has 146 valence electrons. The molecule has 1 aromatic rings. The van der Waals surface area contributed by atoms with Gasteiger partial charge in [-0.15, -0.1) is 0 Å². The van der Waals surface area contributed by atoms with E-state index in [9.17, 15) is 13.2 Å². The smallest absolute Gasteiger partial charge is 0.337 e. The molecule has 0 bridgehead atoms. The van der Waals surface area contributed by atoms with E-state index in [4.69, 9.17) is 0 Å². The lowest BCUT2D eigenvalue weighted by molar-refractivity contribution is 0.0600. The van der Waals surface area contributed by atoms with Crippen molar-refractivity contribution in [3.63, 3.8) is 0 Å². The Hall–Kier alpha value is -1.44. The predicted molar refractivity (Wildman–Crippen MR) is 102 cm³/mol. The van der Waals surface area contributed by atoms with Gasteiger partial charge in [0.2, 0.25) is 10.0 Å². The van der Waals surface area contributed by atoms with Crippen LogP contribution in [0.15, 0.2) is 24.3 Å². The summed E-state index contributed by atoms with van der Waals surface area (Å²) in [6, 6.07) is 6.44. The molecule has 6 nitrogen and oxygen atoms in total. The number of esters is 1. The average molecular weight is 383 g/mol. The summed E-state index contributed by atoms with van der Waals surface area (Å²) >= 11 is 0. The Balaban J connectivity index is 1.75. The maximum absolute atomic E-state index is 12.2. The van der Waals surface area contributed by atoms with Gasteiger partial charge < -0.3 is 9.64 Å². The number of carbonyl (C=O) groups excluding carboxylic acids is 1. The van der Waals surface area contributed by atoms with Gasteiger partial charge in [-0.3, -0.25) is 0 Å². The molecule has 1 saturated heterocycles. The lowest BCUT2D eigenvalue weighted by Gasteiger charge is -2.34. The molecule has 0 unspecified atom stereocenters. The van der Waals surface area contributed by atoms with Crippen LogP contribution in [0.3, 0.4) is 0 Å². The fourth-order valence-corrected chi connectivity index (χ4v) is 4.82. The zero-order valence-corrected chi connectivity index (χ0v) is 16.7. The van der Waals surface area contributed by atoms with Gasteiger partial charge in [-0.1, -0.05) is 26.0 Å². The topological polar surface area (TPSA) is 75.7 Å². The van der Waals surface area contributed by atoms with Crippen molar-refractivity contribution in [1.82, 2.24) is 9.62 Å². The van der Waals surface area contributed by atoms with Crippen LogP contribution < -0.4 is 4.72 Å². The summed E-state index contributed by atoms with van der Waals surface area (Å²) in [5.41, 5.74) is 1.05. The van der Waals surface area contributed by atoms with Crippen molar-refractivity contribution in [3.8, 4) is 0 Å². The van der Waals surface area contributed by atoms with E-state index >= 15 is 0 Å². The number of nitrogens with one attached hydrogen (secondary N) is 1. The summed E-state index contributed by atoms with van der Waals surface area (Å²) in [5.74, 6) is 0.900. The molecule has 0 radical (unpaired) electrons. The number of benzene rings is 1. The van der Waals surface area contributed by atoms with E-state index in [-0.39, 0.29) is 5.75 Å². The van der Waals surface area contributed by atoms with E-state index in [1.165, 1.54) is 13.5 Å². The lowest BCUT2D eigenvalue weighted by Crippen LogP contribution is -2.40. The van der Waals surface area contributed by atoms with E-state index in [1.54, 1.807) is 24.3 Å². The molecule has 1 aliphatic rings. The molecule has 1 heterocycles. The molecule has 7 heteroatoms. The molecule has 1 fully saturated rings. The van der Waals surface area contributed by atoms with Crippen molar-refractivity contribution < 1.29 is 17.9 Å². The maximum Gasteiger partial charge on any atom is 0.337 e. The molecule has 0 spiro atoms. The number of ether oxygens (including phenoxy) is 1. The first kappa shape index (κ1) is 20.9. The van der Waals surface area contributed by atoms with Crippen LogP contribution in [-0.2, 0) is 20.5 Å². The summed E-state index contributed by atoms with van der Waals surface area (Å²) in [4.78, 5) is 13.8. The number of nitrogens with zero attached hydrogens (tertiary/aromatic N) is 1. The Bertz CT molecular complexity index is 678. The number of methoxy groups -OCH3 is 1. The minimum Gasteiger partial charge on any atom is -0.465 e. The quantitative estimate of drug-likeness (QED) is 0.551. The predicted octanol–water partition coefficient (Wildman–Crippen LogP) is 2.26. The van der Waals surface area contributed by atoms with Crippen LogP contribution in [0.25, 0.3) is 0 Å². The molecule has 26 heavy (non-hydrogen) atoms. The Labute approximate surface area is 157 Å². The maximum atomic E-state index is 12.2. The summed E-state index contributed by atoms with van der Waals surface area (Å²) in [7, 11) is -2.07. The van der Waals surface area contributed by atoms with Gasteiger partial charge in [0.05, 0.1) is 18.4 Å². The average Bonchev–Trinajstić information content (AvgIpc) is 2.57. The number of hydrogen-bond donors (Lipinski definition) is 1. The molecule has 0 amide bonds. The molecular formula is C19H30N2O4S. The fourth-order valence-electron chi connectivity index (χ4n) is 3.63. The van der Waals surface area contributed by atoms with Crippen molar-refractivity contribution in [2.45, 2.75) is 32.4 Å². The summed E-state index contributed by atoms with van der Waals surface area (Å²) in [6.07, 6.45) is 2.08. The number of rotatable bonds is 8. The third kappa shape index (κ3) is 6.70. The number of sulfonamides is 1. The number of likely N-dealkylation sites (tertiary alicyclic amines) is 1. The van der Waals surface area contributed by atoms with Crippen molar-refractivity contribution >= 4 is 16.0 Å². The van der Waals surface area contributed by atoms with Gasteiger partial charge in [-0.25, -0.2) is 17.9 Å². The highest BCUT2D eigenvalue weighted by molar-refractivity contribution is 7.88. The summed E-state index contributed by atoms with van der Waals surface area (Å²) in [5, 5.41) is 0. The second-order valence-corrected chi connectivity index (χ2v) is 9.21. The Morgan fingerprint density at radius 1 is 1.19 bits per heavy atom. The highest BCUT2D eigenvalue weighted by Gasteiger charge is 2.21. The van der Waals surface area contributed by atoms with Crippen LogP contribution in [0.5, 0.6) is 0 Å². The zero-order valence-electron chi connectivity index (χ0n) is 15.9. The summed E-state index contributed by atoms with van der Waals surface area (Å²) < 4.78 is 31.7. The van der Waals surface area contributed by atoms with Crippen LogP contribution in [0.1, 0.15) is 42.6 Å². The van der Waals surface area contributed by atoms with Gasteiger partial charge in [-0.05, 0) is 48.9 Å². The van der Waals surface area contributed by atoms with Crippen molar-refractivity contribution in [1.29, 1.82) is 0 Å². The van der Waals surface area contributed by atoms with Crippen molar-refractivity contribution in [3.05, 3.63) is 35.4 Å². The molecule has 1 aromatic carbocycles. The monoisotopic (exact) mass is 382 g/mol. The Kier molecular flexibility index (Phi) is 7.61. The first-order chi connectivity index (χ1) is 12.3. The largest absolute Gasteiger partial charge is 0.465 e. The zero-order chi connectivity index (χ0) is 19.2. The van der Waals surface area contributed by atoms with Gasteiger partial charge in [0.25, 0.3) is 0 Å². The van der Waals surface area contributed by atoms with Gasteiger partial charge in [0.1, 0.15) is 0 Å². The normalized spacial score (nSPS) is 21.5. The van der Waals surface area contributed by atoms with Crippen molar-refractivity contribution in [2.75, 3.05) is 33.3 Å². The standard InChI is InChI=1S/C19H30N2O4S/c1-15-11-16(2)13-21(12-15)10-4-9-20-26(23,24)14-17-5-7-18(8-6-17)19(22)25-3/h5-8,15-16,20H,4,9-14H2,1-3H3/t15-,16+. The van der Waals surface area contributed by atoms with E-state index in [1.807, 2.05) is 0 Å². The molecule has 0 aliphatic carbocycles. The number of piperidine rings is 1. The molecule has 2 atom stereocenters. The second-order valence-electron chi connectivity index (χ2n) is 7.40. The number of hydrogen-bond acceptors (Lipinski definition) is 5. The molecule has 1 N–H and O–H groups in total. The fraction of sp³-hybridized carbons (Fsp3) is 0.632. The molecule has 1 aliphatic heterocycles. The highest BCUT2D eigenvalue weighted by atomic mass is 32.2. The van der Waals surface area contributed by atoms with Gasteiger partial charge in [0.15, 0.2) is 0 Å². The van der Waals surface area contributed by atoms with Crippen LogP contribution in [0.4, 0.5) is 0 Å². The van der Waals surface area contributed by atoms with E-state index < -0.39 is 16.0 Å². The summed E-state index contributed by atoms with van der Waals surface area (Å²) in [6.45, 7) is 8.12. The third-order valence-corrected chi connectivity index (χ3v) is 6.01. The van der Waals surface area contributed by atoms with Crippen LogP contribution >= 0.6 is 0 Å². The van der Waals surface area contributed by atoms with Gasteiger partial charge in [-0.2, -0.15) is 0 Å². The molecular weight excluding hydrogens is 352 g/mol. The minimum atomic E-state index is -3.38. The Morgan fingerprint density at radius 2 is 1.81 bits per heavy atom. The van der Waals surface area contributed by atoms with Crippen LogP contribution in [-0.4, -0.2) is 52.6 Å². The lowest BCUT2D eigenvalue weighted by atomic mass is 9.92. The van der Waals surface area contributed by atoms with E-state index in [2.05, 4.69) is 28.2 Å². The third-order valence-electron chi connectivity index (χ3n) is 4.65. The van der Waals surface area contributed by atoms with Gasteiger partial charge in [0, 0.05) is 19.6 Å². The van der Waals surface area contributed by atoms with Crippen LogP contribution in [0, 0.1) is 11.8 Å². The van der Waals surface area contributed by atoms with Crippen molar-refractivity contribution in [2.24, 2.45) is 11.8 Å². The highest BCUT2D eigenvalue weighted by Crippen LogP contribution is 2.20. The van der Waals surface area contributed by atoms with E-state index in [0.717, 1.165) is 26.1 Å².